The number of nitrogens with zero attached hydrogens (tertiary/aromatic N) is 1. The summed E-state index contributed by atoms with van der Waals surface area (Å²) in [7, 11) is 0. The number of ether oxygens (including phenoxy) is 1. The van der Waals surface area contributed by atoms with Gasteiger partial charge in [0, 0.05) is 6.54 Å². The number of hydrogen-bond acceptors (Lipinski definition) is 5. The molecule has 0 spiro atoms. The number of rotatable bonds is 4. The van der Waals surface area contributed by atoms with E-state index in [0.29, 0.717) is 6.54 Å². The molecule has 1 heterocycles. The molecule has 3 atom stereocenters. The van der Waals surface area contributed by atoms with Crippen LogP contribution < -0.4 is 5.32 Å². The fourth-order valence-electron chi connectivity index (χ4n) is 1.74. The maximum atomic E-state index is 11.8. The Morgan fingerprint density at radius 2 is 2.11 bits per heavy atom. The minimum Gasteiger partial charge on any atom is -0.480 e. The summed E-state index contributed by atoms with van der Waals surface area (Å²) in [4.78, 5) is 23.8. The second-order valence-electron chi connectivity index (χ2n) is 4.18. The zero-order chi connectivity index (χ0) is 13.7. The minimum atomic E-state index is -1.33. The van der Waals surface area contributed by atoms with Gasteiger partial charge in [-0.05, 0) is 6.92 Å². The summed E-state index contributed by atoms with van der Waals surface area (Å²) >= 11 is 0. The van der Waals surface area contributed by atoms with Gasteiger partial charge in [0.25, 0.3) is 0 Å². The number of carboxylic acids is 1. The Kier molecular flexibility index (Phi) is 5.32. The highest BCUT2D eigenvalue weighted by Gasteiger charge is 2.30. The van der Waals surface area contributed by atoms with Crippen LogP contribution in [0, 0.1) is 0 Å². The molecule has 0 aromatic heterocycles. The molecule has 0 radical (unpaired) electrons. The molecule has 0 aliphatic carbocycles. The molecule has 1 aliphatic heterocycles. The van der Waals surface area contributed by atoms with E-state index in [1.54, 1.807) is 6.92 Å². The number of aliphatic carboxylic acids is 1. The van der Waals surface area contributed by atoms with Gasteiger partial charge in [0.1, 0.15) is 0 Å². The van der Waals surface area contributed by atoms with Crippen LogP contribution in [0.2, 0.25) is 0 Å². The second-order valence-corrected chi connectivity index (χ2v) is 4.18. The van der Waals surface area contributed by atoms with Crippen LogP contribution in [0.4, 0.5) is 4.79 Å². The van der Waals surface area contributed by atoms with Crippen LogP contribution in [0.15, 0.2) is 0 Å². The molecule has 2 amide bonds. The lowest BCUT2D eigenvalue weighted by Crippen LogP contribution is -2.56. The predicted molar refractivity (Wildman–Crippen MR) is 60.0 cm³/mol. The number of hydrogen-bond donors (Lipinski definition) is 4. The summed E-state index contributed by atoms with van der Waals surface area (Å²) < 4.78 is 5.36. The lowest BCUT2D eigenvalue weighted by molar-refractivity contribution is -0.140. The molecule has 0 saturated carbocycles. The van der Waals surface area contributed by atoms with E-state index in [1.807, 2.05) is 0 Å². The molecular weight excluding hydrogens is 244 g/mol. The normalized spacial score (nSPS) is 25.6. The van der Waals surface area contributed by atoms with Gasteiger partial charge in [-0.15, -0.1) is 0 Å². The number of carbonyl (C=O) groups excluding carboxylic acids is 1. The van der Waals surface area contributed by atoms with E-state index >= 15 is 0 Å². The van der Waals surface area contributed by atoms with Crippen molar-refractivity contribution in [3.63, 3.8) is 0 Å². The molecule has 0 bridgehead atoms. The van der Waals surface area contributed by atoms with E-state index in [1.165, 1.54) is 4.90 Å². The predicted octanol–water partition coefficient (Wildman–Crippen LogP) is -1.78. The van der Waals surface area contributed by atoms with E-state index in [-0.39, 0.29) is 19.3 Å². The Balaban J connectivity index is 2.57. The number of morpholine rings is 1. The van der Waals surface area contributed by atoms with Crippen molar-refractivity contribution in [2.45, 2.75) is 25.2 Å². The van der Waals surface area contributed by atoms with Gasteiger partial charge < -0.3 is 30.3 Å². The largest absolute Gasteiger partial charge is 0.480 e. The maximum absolute atomic E-state index is 11.8. The third-order valence-electron chi connectivity index (χ3n) is 2.60. The molecule has 104 valence electrons. The molecule has 1 saturated heterocycles. The first-order valence-corrected chi connectivity index (χ1v) is 5.63. The van der Waals surface area contributed by atoms with E-state index < -0.39 is 30.8 Å². The number of aliphatic hydroxyl groups excluding tert-OH is 2. The average molecular weight is 262 g/mol. The minimum absolute atomic E-state index is 0.185. The molecule has 8 nitrogen and oxygen atoms in total. The molecular formula is C10H18N2O6. The van der Waals surface area contributed by atoms with Crippen molar-refractivity contribution in [3.8, 4) is 0 Å². The Hall–Kier alpha value is -1.38. The highest BCUT2D eigenvalue weighted by Crippen LogP contribution is 2.10. The van der Waals surface area contributed by atoms with E-state index in [2.05, 4.69) is 5.32 Å². The van der Waals surface area contributed by atoms with Crippen LogP contribution in [-0.2, 0) is 9.53 Å². The smallest absolute Gasteiger partial charge is 0.328 e. The van der Waals surface area contributed by atoms with Crippen molar-refractivity contribution in [2.75, 3.05) is 26.3 Å². The molecule has 18 heavy (non-hydrogen) atoms. The van der Waals surface area contributed by atoms with E-state index in [0.717, 1.165) is 0 Å². The monoisotopic (exact) mass is 262 g/mol. The van der Waals surface area contributed by atoms with E-state index in [4.69, 9.17) is 20.1 Å². The Morgan fingerprint density at radius 3 is 2.61 bits per heavy atom. The first kappa shape index (κ1) is 14.7. The topological polar surface area (TPSA) is 119 Å². The van der Waals surface area contributed by atoms with Crippen LogP contribution >= 0.6 is 0 Å². The lowest BCUT2D eigenvalue weighted by atomic mass is 10.2. The molecule has 4 N–H and O–H groups in total. The fraction of sp³-hybridized carbons (Fsp3) is 0.800. The van der Waals surface area contributed by atoms with Gasteiger partial charge in [-0.2, -0.15) is 0 Å². The van der Waals surface area contributed by atoms with E-state index in [9.17, 15) is 9.59 Å². The van der Waals surface area contributed by atoms with Crippen molar-refractivity contribution < 1.29 is 29.6 Å². The number of urea groups is 1. The third-order valence-corrected chi connectivity index (χ3v) is 2.60. The maximum Gasteiger partial charge on any atom is 0.328 e. The summed E-state index contributed by atoms with van der Waals surface area (Å²) in [5.74, 6) is -1.30. The SMILES string of the molecule is CC1CN(C(=O)N[C@H](CO)C(=O)O)CC(CO)O1. The molecule has 0 aromatic carbocycles. The summed E-state index contributed by atoms with van der Waals surface area (Å²) in [6, 6.07) is -1.92. The molecule has 2 unspecified atom stereocenters. The van der Waals surface area contributed by atoms with Gasteiger partial charge in [0.15, 0.2) is 6.04 Å². The van der Waals surface area contributed by atoms with Gasteiger partial charge in [0.2, 0.25) is 0 Å². The molecule has 8 heteroatoms. The van der Waals surface area contributed by atoms with Crippen LogP contribution in [0.25, 0.3) is 0 Å². The molecule has 1 fully saturated rings. The Morgan fingerprint density at radius 1 is 1.44 bits per heavy atom. The van der Waals surface area contributed by atoms with Crippen molar-refractivity contribution in [1.82, 2.24) is 10.2 Å². The van der Waals surface area contributed by atoms with Gasteiger partial charge in [0.05, 0.1) is 32.0 Å². The number of aliphatic hydroxyl groups is 2. The third kappa shape index (κ3) is 3.83. The highest BCUT2D eigenvalue weighted by atomic mass is 16.5. The number of carbonyl (C=O) groups is 2. The number of amides is 2. The number of nitrogens with one attached hydrogen (secondary N) is 1. The molecule has 0 aromatic rings. The highest BCUT2D eigenvalue weighted by molar-refractivity contribution is 5.82. The van der Waals surface area contributed by atoms with Crippen LogP contribution in [0.5, 0.6) is 0 Å². The zero-order valence-corrected chi connectivity index (χ0v) is 10.1. The van der Waals surface area contributed by atoms with Gasteiger partial charge in [-0.1, -0.05) is 0 Å². The van der Waals surface area contributed by atoms with Crippen LogP contribution in [0.3, 0.4) is 0 Å². The van der Waals surface area contributed by atoms with Crippen molar-refractivity contribution >= 4 is 12.0 Å². The standard InChI is InChI=1S/C10H18N2O6/c1-6-2-12(3-7(4-13)18-6)10(17)11-8(5-14)9(15)16/h6-8,13-14H,2-5H2,1H3,(H,11,17)(H,15,16)/t6?,7?,8-/m1/s1. The zero-order valence-electron chi connectivity index (χ0n) is 10.1. The van der Waals surface area contributed by atoms with Gasteiger partial charge >= 0.3 is 12.0 Å². The summed E-state index contributed by atoms with van der Waals surface area (Å²) in [6.45, 7) is 1.36. The second kappa shape index (κ2) is 6.53. The first-order chi connectivity index (χ1) is 8.47. The Labute approximate surface area is 104 Å². The van der Waals surface area contributed by atoms with Crippen molar-refractivity contribution in [3.05, 3.63) is 0 Å². The molecule has 1 aliphatic rings. The Bertz CT molecular complexity index is 311. The first-order valence-electron chi connectivity index (χ1n) is 5.63. The summed E-state index contributed by atoms with van der Waals surface area (Å²) in [6.07, 6.45) is -0.712. The summed E-state index contributed by atoms with van der Waals surface area (Å²) in [5, 5.41) is 28.7. The van der Waals surface area contributed by atoms with Gasteiger partial charge in [-0.25, -0.2) is 9.59 Å². The summed E-state index contributed by atoms with van der Waals surface area (Å²) in [5.41, 5.74) is 0. The average Bonchev–Trinajstić information content (AvgIpc) is 2.34. The quantitative estimate of drug-likeness (QED) is 0.475. The van der Waals surface area contributed by atoms with Crippen molar-refractivity contribution in [1.29, 1.82) is 0 Å². The van der Waals surface area contributed by atoms with Crippen LogP contribution in [0.1, 0.15) is 6.92 Å². The van der Waals surface area contributed by atoms with Crippen LogP contribution in [-0.4, -0.2) is 76.8 Å². The number of carboxylic acid groups (broad SMARTS) is 1. The van der Waals surface area contributed by atoms with Crippen molar-refractivity contribution in [2.24, 2.45) is 0 Å². The molecule has 1 rings (SSSR count). The lowest BCUT2D eigenvalue weighted by Gasteiger charge is -2.36. The fourth-order valence-corrected chi connectivity index (χ4v) is 1.74. The van der Waals surface area contributed by atoms with Gasteiger partial charge in [-0.3, -0.25) is 0 Å².